The van der Waals surface area contributed by atoms with Crippen LogP contribution in [0.4, 0.5) is 119 Å². The molecule has 28 nitrogen and oxygen atoms in total. The molecule has 3 unspecified atom stereocenters. The van der Waals surface area contributed by atoms with Crippen LogP contribution in [0.1, 0.15) is 209 Å². The lowest BCUT2D eigenvalue weighted by atomic mass is 9.72. The Morgan fingerprint density at radius 2 is 0.496 bits per heavy atom. The van der Waals surface area contributed by atoms with E-state index in [2.05, 4.69) is 47.4 Å². The van der Waals surface area contributed by atoms with Crippen LogP contribution in [0.2, 0.25) is 0 Å². The van der Waals surface area contributed by atoms with Crippen molar-refractivity contribution in [3.05, 3.63) is 0 Å². The Hall–Kier alpha value is -9.24. The molecular formula is C79H112F26O28. The van der Waals surface area contributed by atoms with E-state index in [1.54, 1.807) is 69.2 Å². The number of esters is 12. The molecule has 133 heavy (non-hydrogen) atoms. The molecule has 0 heterocycles. The Bertz CT molecular complexity index is 3690. The predicted octanol–water partition coefficient (Wildman–Crippen LogP) is 17.1. The number of alkyl halides is 26. The SMILES string of the molecule is CCC(C)(C)C(=O)OCCC(=O)OCC1(F)C(F)(F)C(F)(F)C(F)(F)C(F)(F)C1(F)F.CCC(C)(C)C(=O)OCCC(=O)OCCC(C)(F)F.CCC(C)C(=O)OCCC(=O)OCC1(F)C(F)(F)C(F)(F)C(F)(F)C(F)(F)C1(F)F.CCC(C)C(=O)OCCC(=O)OCCC(C)(F)F.CCOC(=O)COC(=O)COC(=O)C(C)(C)CC.CCOC(=O)OCC(=O)COC(=O)C(C)CC. The predicted molar refractivity (Wildman–Crippen MR) is 402 cm³/mol. The van der Waals surface area contributed by atoms with E-state index < -0.39 is 248 Å². The van der Waals surface area contributed by atoms with Crippen molar-refractivity contribution in [2.75, 3.05) is 92.5 Å². The fourth-order valence-electron chi connectivity index (χ4n) is 8.14. The summed E-state index contributed by atoms with van der Waals surface area (Å²) in [7, 11) is 0. The van der Waals surface area contributed by atoms with Crippen LogP contribution in [-0.4, -0.2) is 258 Å². The molecule has 0 aromatic rings. The molecule has 0 N–H and O–H groups in total. The van der Waals surface area contributed by atoms with Crippen molar-refractivity contribution in [3.63, 3.8) is 0 Å². The zero-order valence-corrected chi connectivity index (χ0v) is 75.9. The number of carbonyl (C=O) groups is 14. The lowest BCUT2D eigenvalue weighted by Gasteiger charge is -2.52. The van der Waals surface area contributed by atoms with Gasteiger partial charge in [0.2, 0.25) is 17.6 Å². The van der Waals surface area contributed by atoms with Crippen molar-refractivity contribution >= 4 is 83.6 Å². The number of ketones is 1. The molecule has 2 aliphatic rings. The number of rotatable bonds is 44. The minimum absolute atomic E-state index is 0.0788. The largest absolute Gasteiger partial charge is 0.508 e. The Kier molecular flexibility index (Phi) is 52.7. The fourth-order valence-corrected chi connectivity index (χ4v) is 8.14. The van der Waals surface area contributed by atoms with Gasteiger partial charge in [-0.3, -0.25) is 52.7 Å². The maximum absolute atomic E-state index is 14.3. The second kappa shape index (κ2) is 53.9. The summed E-state index contributed by atoms with van der Waals surface area (Å²) in [6.45, 7) is 19.9. The van der Waals surface area contributed by atoms with E-state index in [1.807, 2.05) is 27.7 Å². The van der Waals surface area contributed by atoms with E-state index in [-0.39, 0.29) is 89.3 Å². The highest BCUT2D eigenvalue weighted by Crippen LogP contribution is 2.71. The quantitative estimate of drug-likeness (QED) is 0.0310. The zero-order chi connectivity index (χ0) is 106. The molecule has 0 spiro atoms. The van der Waals surface area contributed by atoms with Gasteiger partial charge in [0, 0.05) is 12.8 Å². The van der Waals surface area contributed by atoms with E-state index in [0.29, 0.717) is 32.1 Å². The average molecular weight is 2000 g/mol. The van der Waals surface area contributed by atoms with Gasteiger partial charge in [0.1, 0.15) is 39.6 Å². The molecule has 0 radical (unpaired) electrons. The molecular weight excluding hydrogens is 1890 g/mol. The van der Waals surface area contributed by atoms with Crippen LogP contribution in [0.15, 0.2) is 0 Å². The summed E-state index contributed by atoms with van der Waals surface area (Å²) in [4.78, 5) is 157. The highest BCUT2D eigenvalue weighted by atomic mass is 19.4. The molecule has 0 amide bonds. The molecule has 0 aromatic carbocycles. The first-order valence-electron chi connectivity index (χ1n) is 40.2. The van der Waals surface area contributed by atoms with Crippen molar-refractivity contribution in [1.29, 1.82) is 0 Å². The van der Waals surface area contributed by atoms with E-state index in [9.17, 15) is 181 Å². The second-order valence-electron chi connectivity index (χ2n) is 31.2. The van der Waals surface area contributed by atoms with Gasteiger partial charge in [-0.25, -0.2) is 40.7 Å². The van der Waals surface area contributed by atoms with Gasteiger partial charge in [-0.15, -0.1) is 0 Å². The summed E-state index contributed by atoms with van der Waals surface area (Å²) in [5.41, 5.74) is -15.0. The van der Waals surface area contributed by atoms with E-state index in [0.717, 1.165) is 13.8 Å². The highest BCUT2D eigenvalue weighted by molar-refractivity contribution is 5.85. The second-order valence-corrected chi connectivity index (χ2v) is 31.2. The topological polar surface area (TPSA) is 368 Å². The van der Waals surface area contributed by atoms with Crippen LogP contribution in [0.3, 0.4) is 0 Å². The number of hydrogen-bond acceptors (Lipinski definition) is 28. The van der Waals surface area contributed by atoms with Gasteiger partial charge in [0.05, 0.1) is 86.1 Å². The molecule has 0 bridgehead atoms. The number of hydrogen-bond donors (Lipinski definition) is 0. The highest BCUT2D eigenvalue weighted by Gasteiger charge is 3.03. The Morgan fingerprint density at radius 3 is 0.767 bits per heavy atom. The molecule has 3 atom stereocenters. The summed E-state index contributed by atoms with van der Waals surface area (Å²) in [6.07, 6.45) is -1.23. The lowest BCUT2D eigenvalue weighted by molar-refractivity contribution is -0.487. The maximum Gasteiger partial charge on any atom is 0.508 e. The third-order valence-corrected chi connectivity index (χ3v) is 19.1. The minimum Gasteiger partial charge on any atom is -0.465 e. The monoisotopic (exact) mass is 2000 g/mol. The number of ether oxygens (including phenoxy) is 14. The van der Waals surface area contributed by atoms with Crippen molar-refractivity contribution in [2.24, 2.45) is 34.0 Å². The number of halogens is 26. The van der Waals surface area contributed by atoms with Gasteiger partial charge >= 0.3 is 137 Å². The van der Waals surface area contributed by atoms with E-state index in [1.165, 1.54) is 20.8 Å². The van der Waals surface area contributed by atoms with Crippen molar-refractivity contribution in [3.8, 4) is 0 Å². The number of Topliss-reactive ketones (excluding diaryl/α,β-unsaturated/α-hetero) is 1. The van der Waals surface area contributed by atoms with Crippen LogP contribution in [0, 0.1) is 34.0 Å². The molecule has 54 heteroatoms. The third-order valence-electron chi connectivity index (χ3n) is 19.1. The van der Waals surface area contributed by atoms with E-state index >= 15 is 0 Å². The Balaban J connectivity index is -0.000000765. The third kappa shape index (κ3) is 37.1. The Morgan fingerprint density at radius 1 is 0.256 bits per heavy atom. The van der Waals surface area contributed by atoms with Crippen LogP contribution >= 0.6 is 0 Å². The molecule has 2 fully saturated rings. The summed E-state index contributed by atoms with van der Waals surface area (Å²) < 4.78 is 409. The van der Waals surface area contributed by atoms with Gasteiger partial charge in [0.25, 0.3) is 11.3 Å². The first kappa shape index (κ1) is 130. The summed E-state index contributed by atoms with van der Waals surface area (Å²) in [5, 5.41) is 0. The molecule has 2 saturated carbocycles. The van der Waals surface area contributed by atoms with E-state index in [4.69, 9.17) is 18.9 Å². The van der Waals surface area contributed by atoms with Crippen molar-refractivity contribution < 1.29 is 248 Å². The molecule has 2 rings (SSSR count). The molecule has 0 aromatic heterocycles. The van der Waals surface area contributed by atoms with Gasteiger partial charge < -0.3 is 66.3 Å². The fraction of sp³-hybridized carbons (Fsp3) is 0.823. The molecule has 2 aliphatic carbocycles. The summed E-state index contributed by atoms with van der Waals surface area (Å²) in [5.74, 6) is -89.2. The Labute approximate surface area is 746 Å². The minimum atomic E-state index is -7.34. The summed E-state index contributed by atoms with van der Waals surface area (Å²) >= 11 is 0. The van der Waals surface area contributed by atoms with Gasteiger partial charge in [-0.1, -0.05) is 62.3 Å². The van der Waals surface area contributed by atoms with Crippen LogP contribution in [0.5, 0.6) is 0 Å². The van der Waals surface area contributed by atoms with Crippen LogP contribution < -0.4 is 0 Å². The van der Waals surface area contributed by atoms with Gasteiger partial charge in [-0.05, 0) is 108 Å². The molecule has 0 aliphatic heterocycles. The molecule has 778 valence electrons. The average Bonchev–Trinajstić information content (AvgIpc) is 0.668. The lowest BCUT2D eigenvalue weighted by Crippen LogP contribution is -2.84. The van der Waals surface area contributed by atoms with Gasteiger partial charge in [0.15, 0.2) is 26.4 Å². The first-order chi connectivity index (χ1) is 60.0. The van der Waals surface area contributed by atoms with Gasteiger partial charge in [-0.2, -0.15) is 87.8 Å². The first-order valence-corrected chi connectivity index (χ1v) is 40.2. The van der Waals surface area contributed by atoms with Crippen molar-refractivity contribution in [1.82, 2.24) is 0 Å². The number of carbonyl (C=O) groups excluding carboxylic acids is 14. The summed E-state index contributed by atoms with van der Waals surface area (Å²) in [6, 6.07) is 0. The smallest absolute Gasteiger partial charge is 0.465 e. The molecule has 0 saturated heterocycles. The standard InChI is InChI=1S/C16H17F11O4.C15H15F11O4.C13H22F2O4.C12H20F2O4.C12H20O6.C11H18O6/c1-4-10(2,3)9(29)30-6-5-8(28)31-7-11(17)12(18,19)14(22,23)16(26,27)15(24,25)13(11,20)21;1-3-7(2)9(28)29-5-4-8(27)30-6-10(16)11(17,18)13(21,22)15(25,26)14(23,24)12(10,19)20;1-5-12(2,3)11(17)19-8-6-10(16)18-9-7-13(4,14)15;1-4-9(2)11(16)18-7-5-10(15)17-8-6-12(3,13)14;1-5-12(3,4)11(15)18-8-10(14)17-7-9(13)16-6-2;1-4-8(3)10(13)16-6-9(12)7-17-11(14)15-5-2/h4-7H2,1-3H3;7H,3-6H2,1-2H3;5-9H2,1-4H3;9H,4-8H2,1-3H3;5-8H2,1-4H3;8H,4-7H2,1-3H3. The normalized spacial score (nSPS) is 18.0. The van der Waals surface area contributed by atoms with Crippen molar-refractivity contribution in [2.45, 2.75) is 291 Å². The van der Waals surface area contributed by atoms with Crippen LogP contribution in [-0.2, 0) is 129 Å². The maximum atomic E-state index is 14.3. The van der Waals surface area contributed by atoms with Crippen LogP contribution in [0.25, 0.3) is 0 Å². The zero-order valence-electron chi connectivity index (χ0n) is 75.9.